The van der Waals surface area contributed by atoms with Gasteiger partial charge in [-0.3, -0.25) is 14.4 Å². The van der Waals surface area contributed by atoms with E-state index in [1.807, 2.05) is 57.5 Å². The molecule has 202 valence electrons. The smallest absolute Gasteiger partial charge is 0.246 e. The summed E-state index contributed by atoms with van der Waals surface area (Å²) in [4.78, 5) is 46.1. The molecule has 1 aliphatic heterocycles. The lowest BCUT2D eigenvalue weighted by molar-refractivity contribution is -0.144. The number of unbranched alkanes of at least 4 members (excludes halogenated alkanes) is 2. The summed E-state index contributed by atoms with van der Waals surface area (Å²) in [6, 6.07) is 6.37. The standard InChI is InChI=1S/C28H40N4O4S/c1-6-7-8-9-23(34)31-25(28(3,4)5)27(36)32-16-21(33)14-22(32)26(35)29-15-19-10-12-20(13-11-19)24-18(2)30-17-37-24/h10-13,17,21-22,25,33H,6-9,14-16H2,1-5H3,(H,29,35)(H,31,34)/t21-,22+,25-/m1/s1. The average molecular weight is 529 g/mol. The van der Waals surface area contributed by atoms with Gasteiger partial charge >= 0.3 is 0 Å². The second-order valence-electron chi connectivity index (χ2n) is 10.9. The molecule has 0 unspecified atom stereocenters. The summed E-state index contributed by atoms with van der Waals surface area (Å²) >= 11 is 1.59. The van der Waals surface area contributed by atoms with Crippen LogP contribution in [-0.4, -0.2) is 57.4 Å². The fraction of sp³-hybridized carbons (Fsp3) is 0.571. The van der Waals surface area contributed by atoms with Gasteiger partial charge in [0.15, 0.2) is 0 Å². The van der Waals surface area contributed by atoms with E-state index < -0.39 is 23.6 Å². The lowest BCUT2D eigenvalue weighted by Crippen LogP contribution is -2.57. The molecule has 0 saturated carbocycles. The van der Waals surface area contributed by atoms with E-state index in [1.165, 1.54) is 4.90 Å². The third kappa shape index (κ3) is 7.61. The van der Waals surface area contributed by atoms with Gasteiger partial charge in [0.25, 0.3) is 0 Å². The quantitative estimate of drug-likeness (QED) is 0.406. The number of rotatable bonds is 10. The van der Waals surface area contributed by atoms with Gasteiger partial charge < -0.3 is 20.6 Å². The van der Waals surface area contributed by atoms with E-state index in [1.54, 1.807) is 11.3 Å². The van der Waals surface area contributed by atoms with Crippen LogP contribution in [0.1, 0.15) is 71.1 Å². The highest BCUT2D eigenvalue weighted by atomic mass is 32.1. The van der Waals surface area contributed by atoms with Crippen LogP contribution in [0.15, 0.2) is 29.8 Å². The number of amides is 3. The average Bonchev–Trinajstić information content (AvgIpc) is 3.46. The third-order valence-electron chi connectivity index (χ3n) is 6.72. The molecule has 0 spiro atoms. The Balaban J connectivity index is 1.65. The molecule has 2 aromatic rings. The molecule has 0 radical (unpaired) electrons. The molecule has 0 aliphatic carbocycles. The molecule has 2 heterocycles. The van der Waals surface area contributed by atoms with Crippen LogP contribution < -0.4 is 10.6 Å². The first kappa shape index (κ1) is 28.8. The molecular formula is C28H40N4O4S. The second kappa shape index (κ2) is 12.6. The maximum atomic E-state index is 13.6. The SMILES string of the molecule is CCCCCC(=O)N[C@H](C(=O)N1C[C@H](O)C[C@H]1C(=O)NCc1ccc(-c2scnc2C)cc1)C(C)(C)C. The topological polar surface area (TPSA) is 112 Å². The van der Waals surface area contributed by atoms with Crippen LogP contribution in [0.5, 0.6) is 0 Å². The number of hydrogen-bond donors (Lipinski definition) is 3. The molecule has 1 aliphatic rings. The summed E-state index contributed by atoms with van der Waals surface area (Å²) in [6.07, 6.45) is 2.47. The molecule has 3 rings (SSSR count). The zero-order valence-corrected chi connectivity index (χ0v) is 23.4. The Labute approximate surface area is 223 Å². The molecule has 9 heteroatoms. The van der Waals surface area contributed by atoms with Gasteiger partial charge in [-0.05, 0) is 29.9 Å². The van der Waals surface area contributed by atoms with Crippen LogP contribution in [0.2, 0.25) is 0 Å². The Morgan fingerprint density at radius 1 is 1.19 bits per heavy atom. The van der Waals surface area contributed by atoms with Gasteiger partial charge in [-0.2, -0.15) is 0 Å². The Hall–Kier alpha value is -2.78. The van der Waals surface area contributed by atoms with Crippen LogP contribution in [-0.2, 0) is 20.9 Å². The van der Waals surface area contributed by atoms with Gasteiger partial charge in [0.05, 0.1) is 22.2 Å². The van der Waals surface area contributed by atoms with E-state index in [2.05, 4.69) is 22.5 Å². The van der Waals surface area contributed by atoms with Crippen molar-refractivity contribution in [2.45, 2.75) is 91.5 Å². The first-order valence-electron chi connectivity index (χ1n) is 13.1. The number of carbonyl (C=O) groups excluding carboxylic acids is 3. The largest absolute Gasteiger partial charge is 0.391 e. The summed E-state index contributed by atoms with van der Waals surface area (Å²) in [6.45, 7) is 10.1. The van der Waals surface area contributed by atoms with E-state index in [-0.39, 0.29) is 30.7 Å². The number of hydrogen-bond acceptors (Lipinski definition) is 6. The predicted molar refractivity (Wildman–Crippen MR) is 146 cm³/mol. The summed E-state index contributed by atoms with van der Waals surface area (Å²) in [5, 5.41) is 16.2. The summed E-state index contributed by atoms with van der Waals surface area (Å²) in [5.41, 5.74) is 4.27. The van der Waals surface area contributed by atoms with Crippen molar-refractivity contribution < 1.29 is 19.5 Å². The number of nitrogens with zero attached hydrogens (tertiary/aromatic N) is 2. The Morgan fingerprint density at radius 3 is 2.49 bits per heavy atom. The van der Waals surface area contributed by atoms with E-state index in [0.717, 1.165) is 41.0 Å². The number of aliphatic hydroxyl groups excluding tert-OH is 1. The molecule has 1 aromatic carbocycles. The molecule has 1 saturated heterocycles. The van der Waals surface area contributed by atoms with Crippen molar-refractivity contribution in [2.24, 2.45) is 5.41 Å². The minimum atomic E-state index is -0.789. The van der Waals surface area contributed by atoms with E-state index >= 15 is 0 Å². The Bertz CT molecular complexity index is 1080. The highest BCUT2D eigenvalue weighted by Crippen LogP contribution is 2.28. The zero-order chi connectivity index (χ0) is 27.2. The summed E-state index contributed by atoms with van der Waals surface area (Å²) in [7, 11) is 0. The highest BCUT2D eigenvalue weighted by Gasteiger charge is 2.44. The molecule has 37 heavy (non-hydrogen) atoms. The highest BCUT2D eigenvalue weighted by molar-refractivity contribution is 7.13. The van der Waals surface area contributed by atoms with Crippen molar-refractivity contribution in [2.75, 3.05) is 6.54 Å². The van der Waals surface area contributed by atoms with Crippen LogP contribution in [0.25, 0.3) is 10.4 Å². The minimum absolute atomic E-state index is 0.0676. The van der Waals surface area contributed by atoms with Crippen molar-refractivity contribution >= 4 is 29.1 Å². The maximum Gasteiger partial charge on any atom is 0.246 e. The molecule has 1 aromatic heterocycles. The van der Waals surface area contributed by atoms with Gasteiger partial charge in [0.1, 0.15) is 12.1 Å². The molecule has 3 N–H and O–H groups in total. The number of thiazole rings is 1. The molecule has 0 bridgehead atoms. The van der Waals surface area contributed by atoms with Gasteiger partial charge in [0, 0.05) is 25.9 Å². The molecule has 1 fully saturated rings. The Morgan fingerprint density at radius 2 is 1.89 bits per heavy atom. The number of aliphatic hydroxyl groups is 1. The lowest BCUT2D eigenvalue weighted by atomic mass is 9.85. The third-order valence-corrected chi connectivity index (χ3v) is 7.70. The number of β-amino-alcohol motifs (C(OH)–C–C–N with tert-alkyl or cyclic N) is 1. The first-order valence-corrected chi connectivity index (χ1v) is 13.9. The number of nitrogens with one attached hydrogen (secondary N) is 2. The van der Waals surface area contributed by atoms with Gasteiger partial charge in [-0.25, -0.2) is 4.98 Å². The van der Waals surface area contributed by atoms with Crippen LogP contribution in [0, 0.1) is 12.3 Å². The number of aromatic nitrogens is 1. The minimum Gasteiger partial charge on any atom is -0.391 e. The Kier molecular flexibility index (Phi) is 9.84. The molecule has 8 nitrogen and oxygen atoms in total. The van der Waals surface area contributed by atoms with Crippen LogP contribution >= 0.6 is 11.3 Å². The van der Waals surface area contributed by atoms with Crippen LogP contribution in [0.3, 0.4) is 0 Å². The normalized spacial score (nSPS) is 18.5. The molecule has 3 amide bonds. The maximum absolute atomic E-state index is 13.6. The fourth-order valence-corrected chi connectivity index (χ4v) is 5.36. The summed E-state index contributed by atoms with van der Waals surface area (Å²) < 4.78 is 0. The van der Waals surface area contributed by atoms with E-state index in [0.29, 0.717) is 13.0 Å². The number of aryl methyl sites for hydroxylation is 1. The number of likely N-dealkylation sites (tertiary alicyclic amines) is 1. The number of carbonyl (C=O) groups is 3. The number of benzene rings is 1. The van der Waals surface area contributed by atoms with E-state index in [4.69, 9.17) is 0 Å². The monoisotopic (exact) mass is 528 g/mol. The van der Waals surface area contributed by atoms with Crippen LogP contribution in [0.4, 0.5) is 0 Å². The van der Waals surface area contributed by atoms with Crippen molar-refractivity contribution in [1.82, 2.24) is 20.5 Å². The van der Waals surface area contributed by atoms with Crippen molar-refractivity contribution in [3.63, 3.8) is 0 Å². The van der Waals surface area contributed by atoms with Crippen molar-refractivity contribution in [3.05, 3.63) is 41.0 Å². The zero-order valence-electron chi connectivity index (χ0n) is 22.5. The van der Waals surface area contributed by atoms with Crippen molar-refractivity contribution in [3.8, 4) is 10.4 Å². The molecular weight excluding hydrogens is 488 g/mol. The lowest BCUT2D eigenvalue weighted by Gasteiger charge is -2.35. The first-order chi connectivity index (χ1) is 17.5. The second-order valence-corrected chi connectivity index (χ2v) is 11.8. The summed E-state index contributed by atoms with van der Waals surface area (Å²) in [5.74, 6) is -0.814. The van der Waals surface area contributed by atoms with E-state index in [9.17, 15) is 19.5 Å². The van der Waals surface area contributed by atoms with Crippen molar-refractivity contribution in [1.29, 1.82) is 0 Å². The molecule has 3 atom stereocenters. The predicted octanol–water partition coefficient (Wildman–Crippen LogP) is 3.81. The fourth-order valence-electron chi connectivity index (χ4n) is 4.55. The van der Waals surface area contributed by atoms with Gasteiger partial charge in [-0.1, -0.05) is 64.8 Å². The van der Waals surface area contributed by atoms with Gasteiger partial charge in [0.2, 0.25) is 17.7 Å². The van der Waals surface area contributed by atoms with Gasteiger partial charge in [-0.15, -0.1) is 11.3 Å².